The topological polar surface area (TPSA) is 55.9 Å². The van der Waals surface area contributed by atoms with Crippen molar-refractivity contribution in [3.05, 3.63) is 17.8 Å². The van der Waals surface area contributed by atoms with Crippen molar-refractivity contribution >= 4 is 11.5 Å². The second-order valence-corrected chi connectivity index (χ2v) is 3.28. The van der Waals surface area contributed by atoms with E-state index in [0.717, 1.165) is 23.6 Å². The van der Waals surface area contributed by atoms with Gasteiger partial charge in [-0.05, 0) is 13.8 Å². The van der Waals surface area contributed by atoms with Gasteiger partial charge in [0, 0.05) is 13.6 Å². The molecule has 0 unspecified atom stereocenters. The molecule has 0 spiro atoms. The largest absolute Gasteiger partial charge is 0.394 e. The van der Waals surface area contributed by atoms with E-state index in [-0.39, 0.29) is 0 Å². The van der Waals surface area contributed by atoms with Gasteiger partial charge in [0.15, 0.2) is 0 Å². The van der Waals surface area contributed by atoms with Crippen LogP contribution in [0.3, 0.4) is 0 Å². The average molecular weight is 180 g/mol. The van der Waals surface area contributed by atoms with Gasteiger partial charge in [-0.1, -0.05) is 12.2 Å². The highest BCUT2D eigenvalue weighted by Crippen LogP contribution is 2.20. The van der Waals surface area contributed by atoms with Crippen LogP contribution in [0.15, 0.2) is 12.2 Å². The molecule has 1 aromatic heterocycles. The van der Waals surface area contributed by atoms with Crippen LogP contribution in [0.4, 0.5) is 11.5 Å². The molecule has 1 aromatic rings. The molecule has 0 amide bonds. The van der Waals surface area contributed by atoms with Crippen molar-refractivity contribution in [2.24, 2.45) is 7.05 Å². The zero-order valence-corrected chi connectivity index (χ0v) is 8.39. The van der Waals surface area contributed by atoms with Gasteiger partial charge in [0.25, 0.3) is 0 Å². The lowest BCUT2D eigenvalue weighted by molar-refractivity contribution is 0.760. The smallest absolute Gasteiger partial charge is 0.148 e. The molecule has 0 bridgehead atoms. The van der Waals surface area contributed by atoms with Gasteiger partial charge in [0.2, 0.25) is 0 Å². The molecule has 1 heterocycles. The molecular weight excluding hydrogens is 164 g/mol. The third-order valence-corrected chi connectivity index (χ3v) is 1.83. The van der Waals surface area contributed by atoms with Crippen LogP contribution >= 0.6 is 0 Å². The second-order valence-electron chi connectivity index (χ2n) is 3.28. The second kappa shape index (κ2) is 3.51. The van der Waals surface area contributed by atoms with Crippen LogP contribution < -0.4 is 11.1 Å². The SMILES string of the molecule is C=C(C)CNc1c(N)c(C)nn1C. The molecule has 4 nitrogen and oxygen atoms in total. The van der Waals surface area contributed by atoms with Gasteiger partial charge in [-0.3, -0.25) is 4.68 Å². The lowest BCUT2D eigenvalue weighted by Gasteiger charge is -2.06. The van der Waals surface area contributed by atoms with E-state index in [1.165, 1.54) is 0 Å². The number of aryl methyl sites for hydroxylation is 2. The van der Waals surface area contributed by atoms with E-state index in [2.05, 4.69) is 17.0 Å². The summed E-state index contributed by atoms with van der Waals surface area (Å²) in [5.74, 6) is 0.862. The third kappa shape index (κ3) is 2.02. The maximum atomic E-state index is 5.81. The Morgan fingerprint density at radius 1 is 1.69 bits per heavy atom. The van der Waals surface area contributed by atoms with E-state index in [4.69, 9.17) is 5.73 Å². The first-order valence-corrected chi connectivity index (χ1v) is 4.19. The standard InChI is InChI=1S/C9H16N4/c1-6(2)5-11-9-8(10)7(3)12-13(9)4/h11H,1,5,10H2,2-4H3. The maximum absolute atomic E-state index is 5.81. The van der Waals surface area contributed by atoms with Gasteiger partial charge in [0.05, 0.1) is 11.4 Å². The van der Waals surface area contributed by atoms with E-state index < -0.39 is 0 Å². The minimum absolute atomic E-state index is 0.712. The van der Waals surface area contributed by atoms with Crippen molar-refractivity contribution in [1.82, 2.24) is 9.78 Å². The minimum Gasteiger partial charge on any atom is -0.394 e. The zero-order chi connectivity index (χ0) is 10.0. The number of hydrogen-bond donors (Lipinski definition) is 2. The molecule has 13 heavy (non-hydrogen) atoms. The van der Waals surface area contributed by atoms with E-state index >= 15 is 0 Å². The quantitative estimate of drug-likeness (QED) is 0.689. The molecule has 4 heteroatoms. The van der Waals surface area contributed by atoms with Gasteiger partial charge in [-0.2, -0.15) is 5.10 Å². The van der Waals surface area contributed by atoms with E-state index in [0.29, 0.717) is 5.69 Å². The lowest BCUT2D eigenvalue weighted by Crippen LogP contribution is -2.08. The lowest BCUT2D eigenvalue weighted by atomic mass is 10.3. The summed E-state index contributed by atoms with van der Waals surface area (Å²) < 4.78 is 1.74. The molecule has 0 radical (unpaired) electrons. The van der Waals surface area contributed by atoms with Gasteiger partial charge in [0.1, 0.15) is 5.82 Å². The van der Waals surface area contributed by atoms with Gasteiger partial charge >= 0.3 is 0 Å². The van der Waals surface area contributed by atoms with Crippen LogP contribution in [-0.2, 0) is 7.05 Å². The summed E-state index contributed by atoms with van der Waals surface area (Å²) in [7, 11) is 1.87. The van der Waals surface area contributed by atoms with Crippen molar-refractivity contribution in [2.75, 3.05) is 17.6 Å². The fourth-order valence-corrected chi connectivity index (χ4v) is 1.12. The van der Waals surface area contributed by atoms with Gasteiger partial charge in [-0.25, -0.2) is 0 Å². The molecule has 3 N–H and O–H groups in total. The fraction of sp³-hybridized carbons (Fsp3) is 0.444. The number of nitrogens with two attached hydrogens (primary N) is 1. The Labute approximate surface area is 78.4 Å². The van der Waals surface area contributed by atoms with Crippen molar-refractivity contribution in [1.29, 1.82) is 0 Å². The summed E-state index contributed by atoms with van der Waals surface area (Å²) >= 11 is 0. The first-order chi connectivity index (χ1) is 6.02. The monoisotopic (exact) mass is 180 g/mol. The van der Waals surface area contributed by atoms with Crippen LogP contribution in [0.1, 0.15) is 12.6 Å². The number of aromatic nitrogens is 2. The van der Waals surface area contributed by atoms with Crippen molar-refractivity contribution < 1.29 is 0 Å². The number of anilines is 2. The average Bonchev–Trinajstić information content (AvgIpc) is 2.24. The summed E-state index contributed by atoms with van der Waals surface area (Å²) in [4.78, 5) is 0. The van der Waals surface area contributed by atoms with Crippen molar-refractivity contribution in [3.8, 4) is 0 Å². The van der Waals surface area contributed by atoms with Crippen LogP contribution in [-0.4, -0.2) is 16.3 Å². The Morgan fingerprint density at radius 2 is 2.31 bits per heavy atom. The van der Waals surface area contributed by atoms with Crippen LogP contribution in [0, 0.1) is 6.92 Å². The highest BCUT2D eigenvalue weighted by molar-refractivity contribution is 5.64. The van der Waals surface area contributed by atoms with Crippen LogP contribution in [0.25, 0.3) is 0 Å². The molecule has 72 valence electrons. The molecule has 0 aliphatic heterocycles. The Balaban J connectivity index is 2.81. The Kier molecular flexibility index (Phi) is 2.60. The Hall–Kier alpha value is -1.45. The predicted octanol–water partition coefficient (Wildman–Crippen LogP) is 1.30. The minimum atomic E-state index is 0.712. The highest BCUT2D eigenvalue weighted by Gasteiger charge is 2.08. The van der Waals surface area contributed by atoms with Crippen LogP contribution in [0.5, 0.6) is 0 Å². The number of nitrogen functional groups attached to an aromatic ring is 1. The Bertz CT molecular complexity index is 325. The molecule has 0 aromatic carbocycles. The molecular formula is C9H16N4. The molecule has 0 saturated carbocycles. The maximum Gasteiger partial charge on any atom is 0.148 e. The molecule has 0 atom stereocenters. The molecule has 0 aliphatic rings. The number of nitrogens with one attached hydrogen (secondary N) is 1. The number of rotatable bonds is 3. The van der Waals surface area contributed by atoms with Gasteiger partial charge in [-0.15, -0.1) is 0 Å². The molecule has 0 fully saturated rings. The number of nitrogens with zero attached hydrogens (tertiary/aromatic N) is 2. The van der Waals surface area contributed by atoms with Crippen molar-refractivity contribution in [2.45, 2.75) is 13.8 Å². The molecule has 0 saturated heterocycles. The summed E-state index contributed by atoms with van der Waals surface area (Å²) in [6.45, 7) is 8.38. The van der Waals surface area contributed by atoms with Crippen LogP contribution in [0.2, 0.25) is 0 Å². The number of hydrogen-bond acceptors (Lipinski definition) is 3. The summed E-state index contributed by atoms with van der Waals surface area (Å²) in [6.07, 6.45) is 0. The normalized spacial score (nSPS) is 10.1. The van der Waals surface area contributed by atoms with E-state index in [9.17, 15) is 0 Å². The highest BCUT2D eigenvalue weighted by atomic mass is 15.3. The third-order valence-electron chi connectivity index (χ3n) is 1.83. The van der Waals surface area contributed by atoms with Gasteiger partial charge < -0.3 is 11.1 Å². The molecule has 1 rings (SSSR count). The first kappa shape index (κ1) is 9.64. The summed E-state index contributed by atoms with van der Waals surface area (Å²) in [6, 6.07) is 0. The Morgan fingerprint density at radius 3 is 2.69 bits per heavy atom. The summed E-state index contributed by atoms with van der Waals surface area (Å²) in [5.41, 5.74) is 8.45. The van der Waals surface area contributed by atoms with E-state index in [1.54, 1.807) is 4.68 Å². The first-order valence-electron chi connectivity index (χ1n) is 4.19. The molecule has 0 aliphatic carbocycles. The summed E-state index contributed by atoms with van der Waals surface area (Å²) in [5, 5.41) is 7.37. The fourth-order valence-electron chi connectivity index (χ4n) is 1.12. The predicted molar refractivity (Wildman–Crippen MR) is 55.7 cm³/mol. The van der Waals surface area contributed by atoms with E-state index in [1.807, 2.05) is 20.9 Å². The van der Waals surface area contributed by atoms with Crippen molar-refractivity contribution in [3.63, 3.8) is 0 Å². The zero-order valence-electron chi connectivity index (χ0n) is 8.39.